The lowest BCUT2D eigenvalue weighted by molar-refractivity contribution is -0.118. The molecule has 1 fully saturated rings. The van der Waals surface area contributed by atoms with Crippen LogP contribution in [0.4, 0.5) is 10.5 Å². The van der Waals surface area contributed by atoms with Crippen molar-refractivity contribution < 1.29 is 14.7 Å². The Bertz CT molecular complexity index is 1180. The van der Waals surface area contributed by atoms with Crippen LogP contribution in [0.1, 0.15) is 55.8 Å². The number of anilines is 1. The fourth-order valence-corrected chi connectivity index (χ4v) is 3.84. The number of nitrogens with one attached hydrogen (secondary N) is 2. The molecule has 0 spiro atoms. The molecule has 2 amide bonds. The third kappa shape index (κ3) is 4.92. The predicted octanol–water partition coefficient (Wildman–Crippen LogP) is 5.18. The minimum atomic E-state index is -0.296. The van der Waals surface area contributed by atoms with Crippen LogP contribution in [0.15, 0.2) is 48.5 Å². The van der Waals surface area contributed by atoms with Crippen molar-refractivity contribution in [1.29, 1.82) is 0 Å². The van der Waals surface area contributed by atoms with Crippen LogP contribution in [-0.4, -0.2) is 26.8 Å². The number of hydrogen-bond donors (Lipinski definition) is 3. The van der Waals surface area contributed by atoms with Gasteiger partial charge in [-0.25, -0.2) is 4.79 Å². The number of carbonyl (C=O) groups excluding carboxylic acids is 2. The molecule has 172 valence electrons. The van der Waals surface area contributed by atoms with Crippen LogP contribution in [-0.2, 0) is 11.3 Å². The van der Waals surface area contributed by atoms with Gasteiger partial charge < -0.3 is 15.7 Å². The summed E-state index contributed by atoms with van der Waals surface area (Å²) in [5.74, 6) is 0.0376. The Morgan fingerprint density at radius 1 is 1.15 bits per heavy atom. The number of hydrogen-bond acceptors (Lipinski definition) is 4. The van der Waals surface area contributed by atoms with Gasteiger partial charge in [0.1, 0.15) is 5.75 Å². The molecule has 0 saturated heterocycles. The zero-order valence-corrected chi connectivity index (χ0v) is 19.3. The first-order chi connectivity index (χ1) is 15.8. The quantitative estimate of drug-likeness (QED) is 0.454. The molecule has 1 saturated carbocycles. The molecule has 0 atom stereocenters. The van der Waals surface area contributed by atoms with Gasteiger partial charge in [0.05, 0.1) is 11.4 Å². The highest BCUT2D eigenvalue weighted by Gasteiger charge is 2.27. The minimum absolute atomic E-state index is 0.0441. The molecule has 33 heavy (non-hydrogen) atoms. The van der Waals surface area contributed by atoms with Crippen molar-refractivity contribution in [2.75, 3.05) is 5.32 Å². The summed E-state index contributed by atoms with van der Waals surface area (Å²) in [6, 6.07) is 14.4. The Labute approximate surface area is 193 Å². The van der Waals surface area contributed by atoms with Gasteiger partial charge in [0, 0.05) is 29.6 Å². The monoisotopic (exact) mass is 446 g/mol. The number of amides is 2. The van der Waals surface area contributed by atoms with E-state index < -0.39 is 0 Å². The van der Waals surface area contributed by atoms with E-state index in [0.717, 1.165) is 36.1 Å². The summed E-state index contributed by atoms with van der Waals surface area (Å²) in [4.78, 5) is 25.2. The Morgan fingerprint density at radius 2 is 1.91 bits per heavy atom. The summed E-state index contributed by atoms with van der Waals surface area (Å²) in [5.41, 5.74) is 4.56. The van der Waals surface area contributed by atoms with E-state index in [4.69, 9.17) is 0 Å². The first-order valence-electron chi connectivity index (χ1n) is 11.4. The Morgan fingerprint density at radius 3 is 2.58 bits per heavy atom. The van der Waals surface area contributed by atoms with Crippen LogP contribution < -0.4 is 10.6 Å². The average molecular weight is 447 g/mol. The number of aromatic nitrogens is 2. The summed E-state index contributed by atoms with van der Waals surface area (Å²) in [6.07, 6.45) is 3.14. The topological polar surface area (TPSA) is 96.3 Å². The largest absolute Gasteiger partial charge is 0.507 e. The summed E-state index contributed by atoms with van der Waals surface area (Å²) in [5, 5.41) is 20.9. The molecule has 3 aromatic rings. The van der Waals surface area contributed by atoms with E-state index in [1.54, 1.807) is 12.1 Å². The first-order valence-corrected chi connectivity index (χ1v) is 11.4. The van der Waals surface area contributed by atoms with Crippen molar-refractivity contribution in [3.05, 3.63) is 65.4 Å². The van der Waals surface area contributed by atoms with Gasteiger partial charge in [0.2, 0.25) is 5.91 Å². The molecular weight excluding hydrogens is 416 g/mol. The number of nitrogens with zero attached hydrogens (tertiary/aromatic N) is 2. The van der Waals surface area contributed by atoms with E-state index in [1.807, 2.05) is 51.1 Å². The number of phenolic OH excluding ortho intramolecular Hbond substituents is 1. The summed E-state index contributed by atoms with van der Waals surface area (Å²) in [7, 11) is 0. The molecule has 2 aromatic carbocycles. The average Bonchev–Trinajstić information content (AvgIpc) is 3.17. The molecule has 0 bridgehead atoms. The highest BCUT2D eigenvalue weighted by Crippen LogP contribution is 2.39. The molecule has 1 heterocycles. The van der Waals surface area contributed by atoms with Gasteiger partial charge in [0.15, 0.2) is 0 Å². The van der Waals surface area contributed by atoms with E-state index in [0.29, 0.717) is 23.5 Å². The lowest BCUT2D eigenvalue weighted by Gasteiger charge is -2.25. The van der Waals surface area contributed by atoms with Crippen molar-refractivity contribution in [1.82, 2.24) is 15.1 Å². The van der Waals surface area contributed by atoms with Gasteiger partial charge >= 0.3 is 6.03 Å². The van der Waals surface area contributed by atoms with Crippen LogP contribution >= 0.6 is 0 Å². The second-order valence-corrected chi connectivity index (χ2v) is 8.96. The number of phenols is 1. The molecule has 0 unspecified atom stereocenters. The van der Waals surface area contributed by atoms with Crippen LogP contribution in [0.25, 0.3) is 11.3 Å². The van der Waals surface area contributed by atoms with Crippen molar-refractivity contribution in [2.45, 2.75) is 52.5 Å². The molecule has 7 nitrogen and oxygen atoms in total. The number of aromatic hydroxyl groups is 1. The van der Waals surface area contributed by atoms with E-state index >= 15 is 0 Å². The lowest BCUT2D eigenvalue weighted by Crippen LogP contribution is -2.31. The fourth-order valence-electron chi connectivity index (χ4n) is 3.84. The molecular formula is C26H30N4O3. The van der Waals surface area contributed by atoms with Gasteiger partial charge in [0.25, 0.3) is 0 Å². The second-order valence-electron chi connectivity index (χ2n) is 8.96. The Kier molecular flexibility index (Phi) is 6.49. The first kappa shape index (κ1) is 22.6. The van der Waals surface area contributed by atoms with Gasteiger partial charge in [-0.15, -0.1) is 0 Å². The molecule has 1 aromatic heterocycles. The highest BCUT2D eigenvalue weighted by atomic mass is 16.3. The standard InChI is InChI=1S/C26H30N4O3/c1-16(2)25(32)28-20-11-12-24(31)21(13-20)22-14-23(18-9-6-10-18)30(29-22)26(33)27-15-19-8-5-4-7-17(19)3/h4-5,7-8,11-14,16,18,31H,6,9-10,15H2,1-3H3,(H,27,33)(H,28,32). The van der Waals surface area contributed by atoms with Crippen molar-refractivity contribution >= 4 is 17.6 Å². The van der Waals surface area contributed by atoms with Crippen LogP contribution in [0, 0.1) is 12.8 Å². The minimum Gasteiger partial charge on any atom is -0.507 e. The SMILES string of the molecule is Cc1ccccc1CNC(=O)n1nc(-c2cc(NC(=O)C(C)C)ccc2O)cc1C1CCC1. The van der Waals surface area contributed by atoms with E-state index in [-0.39, 0.29) is 29.5 Å². The fraction of sp³-hybridized carbons (Fsp3) is 0.346. The molecule has 7 heteroatoms. The lowest BCUT2D eigenvalue weighted by atomic mass is 9.82. The maximum atomic E-state index is 13.1. The van der Waals surface area contributed by atoms with Gasteiger partial charge in [-0.2, -0.15) is 9.78 Å². The number of benzene rings is 2. The molecule has 4 rings (SSSR count). The van der Waals surface area contributed by atoms with Crippen molar-refractivity contribution in [2.24, 2.45) is 5.92 Å². The van der Waals surface area contributed by atoms with Gasteiger partial charge in [-0.1, -0.05) is 44.5 Å². The normalized spacial score (nSPS) is 13.6. The van der Waals surface area contributed by atoms with E-state index in [2.05, 4.69) is 15.7 Å². The smallest absolute Gasteiger partial charge is 0.342 e. The molecule has 1 aliphatic rings. The molecule has 1 aliphatic carbocycles. The summed E-state index contributed by atoms with van der Waals surface area (Å²) in [6.45, 7) is 6.06. The molecule has 3 N–H and O–H groups in total. The van der Waals surface area contributed by atoms with E-state index in [1.165, 1.54) is 10.7 Å². The number of carbonyl (C=O) groups is 2. The Hall–Kier alpha value is -3.61. The maximum absolute atomic E-state index is 13.1. The number of aryl methyl sites for hydroxylation is 1. The third-order valence-corrected chi connectivity index (χ3v) is 6.21. The van der Waals surface area contributed by atoms with Gasteiger partial charge in [-0.3, -0.25) is 4.79 Å². The summed E-state index contributed by atoms with van der Waals surface area (Å²) >= 11 is 0. The van der Waals surface area contributed by atoms with E-state index in [9.17, 15) is 14.7 Å². The second kappa shape index (κ2) is 9.48. The van der Waals surface area contributed by atoms with Crippen molar-refractivity contribution in [3.63, 3.8) is 0 Å². The number of rotatable bonds is 6. The van der Waals surface area contributed by atoms with Crippen LogP contribution in [0.2, 0.25) is 0 Å². The van der Waals surface area contributed by atoms with Crippen LogP contribution in [0.5, 0.6) is 5.75 Å². The third-order valence-electron chi connectivity index (χ3n) is 6.21. The Balaban J connectivity index is 1.62. The highest BCUT2D eigenvalue weighted by molar-refractivity contribution is 5.93. The predicted molar refractivity (Wildman–Crippen MR) is 128 cm³/mol. The van der Waals surface area contributed by atoms with Crippen LogP contribution in [0.3, 0.4) is 0 Å². The zero-order valence-electron chi connectivity index (χ0n) is 19.3. The maximum Gasteiger partial charge on any atom is 0.342 e. The summed E-state index contributed by atoms with van der Waals surface area (Å²) < 4.78 is 1.43. The van der Waals surface area contributed by atoms with Gasteiger partial charge in [-0.05, 0) is 55.2 Å². The zero-order chi connectivity index (χ0) is 23.5. The van der Waals surface area contributed by atoms with Crippen molar-refractivity contribution in [3.8, 4) is 17.0 Å². The molecule has 0 radical (unpaired) electrons. The molecule has 0 aliphatic heterocycles.